The molecule has 2 amide bonds. The number of amides is 2. The monoisotopic (exact) mass is 702 g/mol. The van der Waals surface area contributed by atoms with Gasteiger partial charge in [-0.15, -0.1) is 0 Å². The largest absolute Gasteiger partial charge is 0.339 e. The van der Waals surface area contributed by atoms with E-state index in [2.05, 4.69) is 10.1 Å². The van der Waals surface area contributed by atoms with Gasteiger partial charge in [-0.25, -0.2) is 16.8 Å². The van der Waals surface area contributed by atoms with Crippen molar-refractivity contribution >= 4 is 63.1 Å². The normalized spacial score (nSPS) is 14.2. The minimum atomic E-state index is -4.01. The second-order valence-electron chi connectivity index (χ2n) is 10.9. The number of halogens is 1. The van der Waals surface area contributed by atoms with E-state index in [9.17, 15) is 26.4 Å². The summed E-state index contributed by atoms with van der Waals surface area (Å²) in [5.74, 6) is -0.243. The van der Waals surface area contributed by atoms with Crippen molar-refractivity contribution in [3.05, 3.63) is 121 Å². The molecule has 0 unspecified atom stereocenters. The lowest BCUT2D eigenvalue weighted by Crippen LogP contribution is -2.54. The topological polar surface area (TPSA) is 148 Å². The van der Waals surface area contributed by atoms with Crippen molar-refractivity contribution in [3.8, 4) is 11.4 Å². The molecule has 1 aliphatic rings. The van der Waals surface area contributed by atoms with Crippen LogP contribution in [0.2, 0.25) is 0 Å². The van der Waals surface area contributed by atoms with E-state index in [-0.39, 0.29) is 16.3 Å². The third kappa shape index (κ3) is 7.14. The van der Waals surface area contributed by atoms with Crippen LogP contribution in [0.3, 0.4) is 0 Å². The Morgan fingerprint density at radius 2 is 1.23 bits per heavy atom. The smallest absolute Gasteiger partial charge is 0.261 e. The molecule has 0 radical (unpaired) electrons. The molecular weight excluding hydrogens is 676 g/mol. The minimum absolute atomic E-state index is 0.0486. The van der Waals surface area contributed by atoms with Crippen LogP contribution < -0.4 is 0 Å². The van der Waals surface area contributed by atoms with Crippen LogP contribution in [0.1, 0.15) is 11.5 Å². The fraction of sp³-hybridized carbons (Fsp3) is 0.118. The number of rotatable bonds is 6. The molecule has 0 aliphatic carbocycles. The SMILES string of the molecule is Cc1nc(-c2ccc(CN3C(=O)CN(S(=O)(=O)c4ccc5ccccc5c4)CC3=O)cc2)no1.O=S(=O)(Cl)c1ccc2ccccc2c1. The molecule has 7 rings (SSSR count). The van der Waals surface area contributed by atoms with Gasteiger partial charge in [-0.05, 0) is 51.4 Å². The quantitative estimate of drug-likeness (QED) is 0.162. The molecule has 5 aromatic carbocycles. The number of imide groups is 1. The summed E-state index contributed by atoms with van der Waals surface area (Å²) in [5, 5.41) is 7.39. The summed E-state index contributed by atoms with van der Waals surface area (Å²) >= 11 is 0. The molecule has 0 spiro atoms. The molecule has 1 aliphatic heterocycles. The fourth-order valence-corrected chi connectivity index (χ4v) is 7.33. The summed E-state index contributed by atoms with van der Waals surface area (Å²) in [5.41, 5.74) is 1.46. The van der Waals surface area contributed by atoms with E-state index in [1.165, 1.54) is 12.1 Å². The van der Waals surface area contributed by atoms with Gasteiger partial charge in [0.25, 0.3) is 9.05 Å². The number of benzene rings is 5. The molecule has 244 valence electrons. The zero-order valence-electron chi connectivity index (χ0n) is 25.4. The predicted octanol–water partition coefficient (Wildman–Crippen LogP) is 5.53. The van der Waals surface area contributed by atoms with Crippen LogP contribution in [0.15, 0.2) is 124 Å². The maximum Gasteiger partial charge on any atom is 0.261 e. The highest BCUT2D eigenvalue weighted by Crippen LogP contribution is 2.25. The number of carbonyl (C=O) groups excluding carboxylic acids is 2. The number of piperazine rings is 1. The van der Waals surface area contributed by atoms with Crippen molar-refractivity contribution in [3.63, 3.8) is 0 Å². The van der Waals surface area contributed by atoms with Crippen molar-refractivity contribution in [2.45, 2.75) is 23.3 Å². The van der Waals surface area contributed by atoms with Crippen LogP contribution in [0.4, 0.5) is 0 Å². The Balaban J connectivity index is 0.000000239. The summed E-state index contributed by atoms with van der Waals surface area (Å²) in [4.78, 5) is 31.0. The third-order valence-corrected chi connectivity index (χ3v) is 10.8. The van der Waals surface area contributed by atoms with Crippen LogP contribution in [-0.4, -0.2) is 61.1 Å². The summed E-state index contributed by atoms with van der Waals surface area (Å²) in [6.07, 6.45) is 0. The highest BCUT2D eigenvalue weighted by molar-refractivity contribution is 8.13. The average molecular weight is 703 g/mol. The molecule has 0 saturated carbocycles. The standard InChI is InChI=1S/C24H20N4O5S.C10H7ClO2S/c1-16-25-24(26-33-16)19-8-6-17(7-9-19)13-28-22(29)14-27(15-23(28)30)34(31,32)21-11-10-18-4-2-3-5-20(18)12-21;11-14(12,13)10-6-5-8-3-1-2-4-9(8)7-10/h2-12H,13-15H2,1H3;1-7H. The average Bonchev–Trinajstić information content (AvgIpc) is 3.52. The number of fused-ring (bicyclic) bond motifs is 2. The Morgan fingerprint density at radius 3 is 1.75 bits per heavy atom. The van der Waals surface area contributed by atoms with E-state index < -0.39 is 44.0 Å². The number of sulfonamides is 1. The molecule has 1 fully saturated rings. The van der Waals surface area contributed by atoms with Crippen LogP contribution in [-0.2, 0) is 35.2 Å². The minimum Gasteiger partial charge on any atom is -0.339 e. The molecule has 48 heavy (non-hydrogen) atoms. The second kappa shape index (κ2) is 13.3. The van der Waals surface area contributed by atoms with Gasteiger partial charge in [0.2, 0.25) is 33.6 Å². The summed E-state index contributed by atoms with van der Waals surface area (Å²) in [6.45, 7) is 0.942. The first-order chi connectivity index (χ1) is 22.9. The first-order valence-electron chi connectivity index (χ1n) is 14.5. The second-order valence-corrected chi connectivity index (χ2v) is 15.4. The molecule has 14 heteroatoms. The molecular formula is C34H27ClN4O7S2. The van der Waals surface area contributed by atoms with Gasteiger partial charge in [0.15, 0.2) is 0 Å². The third-order valence-electron chi connectivity index (χ3n) is 7.67. The van der Waals surface area contributed by atoms with Crippen molar-refractivity contribution in [2.24, 2.45) is 0 Å². The van der Waals surface area contributed by atoms with Crippen LogP contribution in [0.5, 0.6) is 0 Å². The first-order valence-corrected chi connectivity index (χ1v) is 18.3. The zero-order chi connectivity index (χ0) is 34.1. The highest BCUT2D eigenvalue weighted by atomic mass is 35.7. The molecule has 0 bridgehead atoms. The lowest BCUT2D eigenvalue weighted by atomic mass is 10.1. The lowest BCUT2D eigenvalue weighted by molar-refractivity contribution is -0.149. The summed E-state index contributed by atoms with van der Waals surface area (Å²) < 4.78 is 54.3. The Labute approximate surface area is 280 Å². The van der Waals surface area contributed by atoms with E-state index in [4.69, 9.17) is 15.2 Å². The van der Waals surface area contributed by atoms with E-state index >= 15 is 0 Å². The van der Waals surface area contributed by atoms with Gasteiger partial charge in [-0.2, -0.15) is 9.29 Å². The Bertz CT molecular complexity index is 2380. The maximum atomic E-state index is 13.1. The number of carbonyl (C=O) groups is 2. The van der Waals surface area contributed by atoms with E-state index in [1.807, 2.05) is 48.5 Å². The van der Waals surface area contributed by atoms with Crippen molar-refractivity contribution in [2.75, 3.05) is 13.1 Å². The number of hydrogen-bond acceptors (Lipinski definition) is 9. The molecule has 1 saturated heterocycles. The number of hydrogen-bond donors (Lipinski definition) is 0. The van der Waals surface area contributed by atoms with E-state index in [0.717, 1.165) is 41.9 Å². The Kier molecular flexibility index (Phi) is 9.12. The van der Waals surface area contributed by atoms with Crippen LogP contribution >= 0.6 is 10.7 Å². The molecule has 0 N–H and O–H groups in total. The Hall–Kier alpha value is -4.95. The number of nitrogens with zero attached hydrogens (tertiary/aromatic N) is 4. The van der Waals surface area contributed by atoms with E-state index in [0.29, 0.717) is 11.7 Å². The van der Waals surface area contributed by atoms with Crippen molar-refractivity contribution in [1.29, 1.82) is 0 Å². The van der Waals surface area contributed by atoms with Gasteiger partial charge < -0.3 is 4.52 Å². The van der Waals surface area contributed by atoms with Gasteiger partial charge in [-0.3, -0.25) is 14.5 Å². The predicted molar refractivity (Wildman–Crippen MR) is 180 cm³/mol. The van der Waals surface area contributed by atoms with Gasteiger partial charge in [0.1, 0.15) is 0 Å². The maximum absolute atomic E-state index is 13.1. The van der Waals surface area contributed by atoms with Crippen LogP contribution in [0, 0.1) is 6.92 Å². The van der Waals surface area contributed by atoms with Gasteiger partial charge >= 0.3 is 0 Å². The fourth-order valence-electron chi connectivity index (χ4n) is 5.17. The first kappa shape index (κ1) is 33.0. The molecule has 1 aromatic heterocycles. The number of aromatic nitrogens is 2. The Morgan fingerprint density at radius 1 is 0.708 bits per heavy atom. The van der Waals surface area contributed by atoms with Gasteiger partial charge in [0, 0.05) is 23.2 Å². The molecule has 0 atom stereocenters. The summed E-state index contributed by atoms with van der Waals surface area (Å²) in [7, 11) is -2.40. The van der Waals surface area contributed by atoms with Crippen molar-refractivity contribution in [1.82, 2.24) is 19.3 Å². The van der Waals surface area contributed by atoms with E-state index in [1.54, 1.807) is 55.5 Å². The molecule has 2 heterocycles. The highest BCUT2D eigenvalue weighted by Gasteiger charge is 2.37. The lowest BCUT2D eigenvalue weighted by Gasteiger charge is -2.32. The summed E-state index contributed by atoms with van der Waals surface area (Å²) in [6, 6.07) is 31.5. The molecule has 6 aromatic rings. The van der Waals surface area contributed by atoms with Crippen molar-refractivity contribution < 1.29 is 30.9 Å². The molecule has 11 nitrogen and oxygen atoms in total. The number of aryl methyl sites for hydroxylation is 1. The van der Waals surface area contributed by atoms with Crippen LogP contribution in [0.25, 0.3) is 32.9 Å². The van der Waals surface area contributed by atoms with Gasteiger partial charge in [0.05, 0.1) is 29.4 Å². The van der Waals surface area contributed by atoms with Gasteiger partial charge in [-0.1, -0.05) is 90.1 Å². The zero-order valence-corrected chi connectivity index (χ0v) is 27.7.